The van der Waals surface area contributed by atoms with Crippen LogP contribution in [-0.2, 0) is 23.1 Å². The van der Waals surface area contributed by atoms with E-state index in [1.165, 1.54) is 4.31 Å². The fraction of sp³-hybridized carbons (Fsp3) is 0.167. The summed E-state index contributed by atoms with van der Waals surface area (Å²) in [4.78, 5) is 9.13. The van der Waals surface area contributed by atoms with Crippen LogP contribution in [0.5, 0.6) is 0 Å². The van der Waals surface area contributed by atoms with Crippen molar-refractivity contribution in [3.05, 3.63) is 102 Å². The summed E-state index contributed by atoms with van der Waals surface area (Å²) in [6, 6.07) is 16.7. The summed E-state index contributed by atoms with van der Waals surface area (Å²) >= 11 is 0. The fourth-order valence-corrected chi connectivity index (χ4v) is 5.28. The van der Waals surface area contributed by atoms with E-state index in [0.717, 1.165) is 33.8 Å². The number of aryl methyl sites for hydroxylation is 2. The minimum absolute atomic E-state index is 0.181. The molecule has 0 atom stereocenters. The highest BCUT2D eigenvalue weighted by Gasteiger charge is 2.27. The zero-order valence-corrected chi connectivity index (χ0v) is 18.7. The second-order valence-corrected chi connectivity index (χ2v) is 9.81. The molecule has 0 aliphatic carbocycles. The SMILES string of the molecule is Cc1ccc(S(=O)(=O)N(Cc2cnc3ccccn23)Cc2cnc3ccccn23)cc1C. The van der Waals surface area contributed by atoms with Gasteiger partial charge < -0.3 is 8.80 Å². The Morgan fingerprint density at radius 1 is 0.781 bits per heavy atom. The van der Waals surface area contributed by atoms with Crippen LogP contribution in [0.2, 0.25) is 0 Å². The third-order valence-electron chi connectivity index (χ3n) is 5.78. The molecule has 5 rings (SSSR count). The lowest BCUT2D eigenvalue weighted by atomic mass is 10.1. The number of hydrogen-bond acceptors (Lipinski definition) is 4. The van der Waals surface area contributed by atoms with E-state index in [2.05, 4.69) is 9.97 Å². The van der Waals surface area contributed by atoms with Crippen molar-refractivity contribution in [2.24, 2.45) is 0 Å². The molecule has 0 N–H and O–H groups in total. The number of sulfonamides is 1. The zero-order valence-electron chi connectivity index (χ0n) is 17.9. The molecule has 0 aliphatic rings. The predicted molar refractivity (Wildman–Crippen MR) is 123 cm³/mol. The van der Waals surface area contributed by atoms with E-state index < -0.39 is 10.0 Å². The lowest BCUT2D eigenvalue weighted by molar-refractivity contribution is 0.391. The number of aromatic nitrogens is 4. The van der Waals surface area contributed by atoms with E-state index in [-0.39, 0.29) is 18.0 Å². The Balaban J connectivity index is 1.60. The van der Waals surface area contributed by atoms with Crippen molar-refractivity contribution in [1.29, 1.82) is 0 Å². The van der Waals surface area contributed by atoms with Gasteiger partial charge in [-0.05, 0) is 61.4 Å². The van der Waals surface area contributed by atoms with Crippen molar-refractivity contribution in [2.45, 2.75) is 31.8 Å². The Labute approximate surface area is 186 Å². The third-order valence-corrected chi connectivity index (χ3v) is 7.57. The molecule has 1 aromatic carbocycles. The Hall–Kier alpha value is -3.49. The van der Waals surface area contributed by atoms with Crippen molar-refractivity contribution in [3.63, 3.8) is 0 Å². The molecule has 4 aromatic heterocycles. The van der Waals surface area contributed by atoms with Gasteiger partial charge in [0.25, 0.3) is 0 Å². The topological polar surface area (TPSA) is 72.0 Å². The van der Waals surface area contributed by atoms with E-state index in [4.69, 9.17) is 0 Å². The molecule has 0 spiro atoms. The van der Waals surface area contributed by atoms with E-state index in [1.807, 2.05) is 77.5 Å². The summed E-state index contributed by atoms with van der Waals surface area (Å²) in [7, 11) is -3.78. The van der Waals surface area contributed by atoms with Gasteiger partial charge in [0.1, 0.15) is 11.3 Å². The fourth-order valence-electron chi connectivity index (χ4n) is 3.81. The van der Waals surface area contributed by atoms with E-state index in [0.29, 0.717) is 0 Å². The largest absolute Gasteiger partial charge is 0.303 e. The van der Waals surface area contributed by atoms with Gasteiger partial charge in [-0.25, -0.2) is 18.4 Å². The van der Waals surface area contributed by atoms with Gasteiger partial charge in [-0.15, -0.1) is 0 Å². The Morgan fingerprint density at radius 3 is 1.88 bits per heavy atom. The summed E-state index contributed by atoms with van der Waals surface area (Å²) in [5.41, 5.74) is 5.14. The summed E-state index contributed by atoms with van der Waals surface area (Å²) in [6.07, 6.45) is 7.25. The van der Waals surface area contributed by atoms with Crippen LogP contribution in [0.4, 0.5) is 0 Å². The van der Waals surface area contributed by atoms with Gasteiger partial charge in [0.15, 0.2) is 0 Å². The molecular formula is C24H23N5O2S. The third kappa shape index (κ3) is 3.57. The van der Waals surface area contributed by atoms with E-state index in [9.17, 15) is 8.42 Å². The van der Waals surface area contributed by atoms with Crippen LogP contribution in [0, 0.1) is 13.8 Å². The molecule has 0 fully saturated rings. The quantitative estimate of drug-likeness (QED) is 0.396. The highest BCUT2D eigenvalue weighted by Crippen LogP contribution is 2.24. The van der Waals surface area contributed by atoms with Crippen LogP contribution < -0.4 is 0 Å². The highest BCUT2D eigenvalue weighted by atomic mass is 32.2. The standard InChI is InChI=1S/C24H23N5O2S/c1-18-9-10-22(13-19(18)2)32(30,31)27(16-20-14-25-23-7-3-5-11-28(20)23)17-21-15-26-24-8-4-6-12-29(21)24/h3-15H,16-17H2,1-2H3. The normalized spacial score (nSPS) is 12.2. The van der Waals surface area contributed by atoms with Gasteiger partial charge in [0.05, 0.1) is 41.8 Å². The minimum Gasteiger partial charge on any atom is -0.303 e. The van der Waals surface area contributed by atoms with E-state index >= 15 is 0 Å². The predicted octanol–water partition coefficient (Wildman–Crippen LogP) is 3.99. The molecule has 7 nitrogen and oxygen atoms in total. The summed E-state index contributed by atoms with van der Waals surface area (Å²) in [5, 5.41) is 0. The number of pyridine rings is 2. The molecule has 0 radical (unpaired) electrons. The van der Waals surface area contributed by atoms with Crippen LogP contribution in [0.3, 0.4) is 0 Å². The molecule has 0 bridgehead atoms. The number of nitrogens with zero attached hydrogens (tertiary/aromatic N) is 5. The second-order valence-electron chi connectivity index (χ2n) is 7.88. The molecular weight excluding hydrogens is 422 g/mol. The lowest BCUT2D eigenvalue weighted by Gasteiger charge is -2.22. The number of benzene rings is 1. The highest BCUT2D eigenvalue weighted by molar-refractivity contribution is 7.89. The van der Waals surface area contributed by atoms with Crippen LogP contribution in [0.1, 0.15) is 22.5 Å². The van der Waals surface area contributed by atoms with Gasteiger partial charge in [0, 0.05) is 12.4 Å². The molecule has 0 saturated heterocycles. The number of hydrogen-bond donors (Lipinski definition) is 0. The number of imidazole rings is 2. The molecule has 0 amide bonds. The Bertz CT molecular complexity index is 1460. The Morgan fingerprint density at radius 2 is 1.34 bits per heavy atom. The molecule has 8 heteroatoms. The monoisotopic (exact) mass is 445 g/mol. The van der Waals surface area contributed by atoms with Crippen LogP contribution in [0.15, 0.2) is 84.3 Å². The Kier molecular flexibility index (Phi) is 5.03. The van der Waals surface area contributed by atoms with Gasteiger partial charge in [-0.3, -0.25) is 0 Å². The molecule has 162 valence electrons. The first-order valence-corrected chi connectivity index (χ1v) is 11.8. The lowest BCUT2D eigenvalue weighted by Crippen LogP contribution is -2.31. The summed E-state index contributed by atoms with van der Waals surface area (Å²) < 4.78 is 32.9. The van der Waals surface area contributed by atoms with Crippen molar-refractivity contribution >= 4 is 21.3 Å². The average molecular weight is 446 g/mol. The van der Waals surface area contributed by atoms with Gasteiger partial charge in [-0.2, -0.15) is 4.31 Å². The van der Waals surface area contributed by atoms with Gasteiger partial charge in [-0.1, -0.05) is 18.2 Å². The summed E-state index contributed by atoms with van der Waals surface area (Å²) in [6.45, 7) is 4.26. The maximum Gasteiger partial charge on any atom is 0.243 e. The van der Waals surface area contributed by atoms with Crippen LogP contribution in [-0.4, -0.2) is 31.5 Å². The van der Waals surface area contributed by atoms with Crippen molar-refractivity contribution in [3.8, 4) is 0 Å². The van der Waals surface area contributed by atoms with Gasteiger partial charge in [0.2, 0.25) is 10.0 Å². The molecule has 4 heterocycles. The molecule has 0 aliphatic heterocycles. The minimum atomic E-state index is -3.78. The van der Waals surface area contributed by atoms with Gasteiger partial charge >= 0.3 is 0 Å². The number of rotatable bonds is 6. The first-order chi connectivity index (χ1) is 15.4. The van der Waals surface area contributed by atoms with Crippen molar-refractivity contribution in [1.82, 2.24) is 23.1 Å². The van der Waals surface area contributed by atoms with E-state index in [1.54, 1.807) is 24.5 Å². The first-order valence-electron chi connectivity index (χ1n) is 10.3. The average Bonchev–Trinajstić information content (AvgIpc) is 3.39. The maximum atomic E-state index is 13.8. The molecule has 32 heavy (non-hydrogen) atoms. The zero-order chi connectivity index (χ0) is 22.3. The first kappa shape index (κ1) is 20.4. The van der Waals surface area contributed by atoms with Crippen molar-refractivity contribution < 1.29 is 8.42 Å². The number of fused-ring (bicyclic) bond motifs is 2. The summed E-state index contributed by atoms with van der Waals surface area (Å²) in [5.74, 6) is 0. The van der Waals surface area contributed by atoms with Crippen LogP contribution >= 0.6 is 0 Å². The maximum absolute atomic E-state index is 13.8. The van der Waals surface area contributed by atoms with Crippen molar-refractivity contribution in [2.75, 3.05) is 0 Å². The molecule has 0 saturated carbocycles. The molecule has 5 aromatic rings. The smallest absolute Gasteiger partial charge is 0.243 e. The van der Waals surface area contributed by atoms with Crippen LogP contribution in [0.25, 0.3) is 11.3 Å². The second kappa shape index (κ2) is 7.89. The molecule has 0 unspecified atom stereocenters.